The van der Waals surface area contributed by atoms with Crippen LogP contribution in [0.5, 0.6) is 0 Å². The van der Waals surface area contributed by atoms with E-state index >= 15 is 0 Å². The van der Waals surface area contributed by atoms with Gasteiger partial charge in [0.2, 0.25) is 0 Å². The van der Waals surface area contributed by atoms with Crippen LogP contribution < -0.4 is 5.73 Å². The predicted octanol–water partition coefficient (Wildman–Crippen LogP) is 0.566. The maximum absolute atomic E-state index is 11.2. The van der Waals surface area contributed by atoms with Gasteiger partial charge < -0.3 is 15.4 Å². The lowest BCUT2D eigenvalue weighted by atomic mass is 10.4. The van der Waals surface area contributed by atoms with Gasteiger partial charge in [-0.2, -0.15) is 0 Å². The van der Waals surface area contributed by atoms with Crippen LogP contribution in [-0.4, -0.2) is 37.2 Å². The van der Waals surface area contributed by atoms with E-state index in [0.29, 0.717) is 12.6 Å². The lowest BCUT2D eigenvalue weighted by Crippen LogP contribution is -2.34. The van der Waals surface area contributed by atoms with Crippen LogP contribution in [0.2, 0.25) is 0 Å². The molecule has 1 fully saturated rings. The zero-order valence-electron chi connectivity index (χ0n) is 7.45. The Morgan fingerprint density at radius 1 is 1.67 bits per heavy atom. The lowest BCUT2D eigenvalue weighted by Gasteiger charge is -2.19. The number of carbonyl (C=O) groups excluding carboxylic acids is 1. The number of amides is 1. The molecule has 2 N–H and O–H groups in total. The molecule has 1 aliphatic rings. The van der Waals surface area contributed by atoms with E-state index in [9.17, 15) is 4.79 Å². The molecule has 1 amide bonds. The Labute approximate surface area is 72.7 Å². The number of hydrogen-bond acceptors (Lipinski definition) is 3. The Balaban J connectivity index is 2.32. The normalized spacial score (nSPS) is 15.8. The van der Waals surface area contributed by atoms with Gasteiger partial charge >= 0.3 is 6.09 Å². The molecule has 0 bridgehead atoms. The molecule has 0 saturated heterocycles. The minimum atomic E-state index is -0.217. The van der Waals surface area contributed by atoms with Crippen molar-refractivity contribution in [1.29, 1.82) is 0 Å². The zero-order chi connectivity index (χ0) is 8.97. The van der Waals surface area contributed by atoms with Crippen LogP contribution in [0.15, 0.2) is 0 Å². The molecule has 4 nitrogen and oxygen atoms in total. The molecular weight excluding hydrogens is 156 g/mol. The third kappa shape index (κ3) is 2.37. The highest BCUT2D eigenvalue weighted by molar-refractivity contribution is 5.68. The summed E-state index contributed by atoms with van der Waals surface area (Å²) in [5.74, 6) is 0. The quantitative estimate of drug-likeness (QED) is 0.674. The average Bonchev–Trinajstić information content (AvgIpc) is 2.88. The summed E-state index contributed by atoms with van der Waals surface area (Å²) in [6.45, 7) is 1.36. The smallest absolute Gasteiger partial charge is 0.409 e. The van der Waals surface area contributed by atoms with Crippen LogP contribution in [0, 0.1) is 0 Å². The van der Waals surface area contributed by atoms with Gasteiger partial charge in [-0.1, -0.05) is 0 Å². The van der Waals surface area contributed by atoms with Crippen LogP contribution in [0.1, 0.15) is 19.3 Å². The van der Waals surface area contributed by atoms with Gasteiger partial charge in [-0.25, -0.2) is 4.79 Å². The molecule has 1 rings (SSSR count). The summed E-state index contributed by atoms with van der Waals surface area (Å²) in [7, 11) is 1.42. The molecule has 0 aromatic rings. The van der Waals surface area contributed by atoms with Gasteiger partial charge in [0, 0.05) is 12.6 Å². The SMILES string of the molecule is COC(=O)N(CCCN)C1CC1. The monoisotopic (exact) mass is 172 g/mol. The van der Waals surface area contributed by atoms with Gasteiger partial charge in [0.05, 0.1) is 7.11 Å². The van der Waals surface area contributed by atoms with E-state index in [4.69, 9.17) is 5.73 Å². The molecule has 70 valence electrons. The Hall–Kier alpha value is -0.770. The fraction of sp³-hybridized carbons (Fsp3) is 0.875. The van der Waals surface area contributed by atoms with Crippen molar-refractivity contribution in [3.05, 3.63) is 0 Å². The highest BCUT2D eigenvalue weighted by Gasteiger charge is 2.32. The molecule has 4 heteroatoms. The summed E-state index contributed by atoms with van der Waals surface area (Å²) in [4.78, 5) is 12.9. The van der Waals surface area contributed by atoms with Crippen LogP contribution in [0.4, 0.5) is 4.79 Å². The number of hydrogen-bond donors (Lipinski definition) is 1. The number of rotatable bonds is 4. The molecule has 0 aliphatic heterocycles. The van der Waals surface area contributed by atoms with Gasteiger partial charge in [-0.15, -0.1) is 0 Å². The van der Waals surface area contributed by atoms with Crippen molar-refractivity contribution in [2.24, 2.45) is 5.73 Å². The zero-order valence-corrected chi connectivity index (χ0v) is 7.45. The summed E-state index contributed by atoms with van der Waals surface area (Å²) in [5, 5.41) is 0. The van der Waals surface area contributed by atoms with Crippen LogP contribution in [0.25, 0.3) is 0 Å². The summed E-state index contributed by atoms with van der Waals surface area (Å²) < 4.78 is 4.66. The second-order valence-electron chi connectivity index (χ2n) is 3.04. The van der Waals surface area contributed by atoms with Crippen molar-refractivity contribution in [3.8, 4) is 0 Å². The number of nitrogens with zero attached hydrogens (tertiary/aromatic N) is 1. The maximum Gasteiger partial charge on any atom is 0.409 e. The molecule has 0 radical (unpaired) electrons. The Morgan fingerprint density at radius 2 is 2.33 bits per heavy atom. The largest absolute Gasteiger partial charge is 0.453 e. The van der Waals surface area contributed by atoms with Crippen molar-refractivity contribution in [2.75, 3.05) is 20.2 Å². The first-order valence-electron chi connectivity index (χ1n) is 4.34. The predicted molar refractivity (Wildman–Crippen MR) is 45.8 cm³/mol. The summed E-state index contributed by atoms with van der Waals surface area (Å²) in [5.41, 5.74) is 5.36. The molecule has 0 heterocycles. The molecule has 1 aliphatic carbocycles. The second-order valence-corrected chi connectivity index (χ2v) is 3.04. The van der Waals surface area contributed by atoms with Crippen molar-refractivity contribution >= 4 is 6.09 Å². The first-order valence-corrected chi connectivity index (χ1v) is 4.34. The second kappa shape index (κ2) is 4.30. The molecule has 0 atom stereocenters. The third-order valence-corrected chi connectivity index (χ3v) is 2.00. The van der Waals surface area contributed by atoms with Crippen molar-refractivity contribution in [1.82, 2.24) is 4.90 Å². The third-order valence-electron chi connectivity index (χ3n) is 2.00. The Bertz CT molecular complexity index is 157. The molecule has 0 aromatic heterocycles. The summed E-state index contributed by atoms with van der Waals surface area (Å²) >= 11 is 0. The molecule has 1 saturated carbocycles. The Kier molecular flexibility index (Phi) is 3.34. The number of ether oxygens (including phenoxy) is 1. The molecular formula is C8H16N2O2. The van der Waals surface area contributed by atoms with Crippen LogP contribution in [0.3, 0.4) is 0 Å². The standard InChI is InChI=1S/C8H16N2O2/c1-12-8(11)10(6-2-5-9)7-3-4-7/h7H,2-6,9H2,1H3. The van der Waals surface area contributed by atoms with E-state index in [1.807, 2.05) is 0 Å². The molecule has 0 spiro atoms. The highest BCUT2D eigenvalue weighted by atomic mass is 16.5. The number of nitrogens with two attached hydrogens (primary N) is 1. The average molecular weight is 172 g/mol. The van der Waals surface area contributed by atoms with E-state index in [1.165, 1.54) is 7.11 Å². The fourth-order valence-electron chi connectivity index (χ4n) is 1.19. The van der Waals surface area contributed by atoms with Crippen molar-refractivity contribution < 1.29 is 9.53 Å². The van der Waals surface area contributed by atoms with Gasteiger partial charge in [0.1, 0.15) is 0 Å². The van der Waals surface area contributed by atoms with Gasteiger partial charge in [0.15, 0.2) is 0 Å². The highest BCUT2D eigenvalue weighted by Crippen LogP contribution is 2.27. The summed E-state index contributed by atoms with van der Waals surface area (Å²) in [6, 6.07) is 0.420. The minimum absolute atomic E-state index is 0.217. The van der Waals surface area contributed by atoms with E-state index in [-0.39, 0.29) is 6.09 Å². The minimum Gasteiger partial charge on any atom is -0.453 e. The first kappa shape index (κ1) is 9.32. The molecule has 0 unspecified atom stereocenters. The van der Waals surface area contributed by atoms with E-state index < -0.39 is 0 Å². The molecule has 0 aromatic carbocycles. The fourth-order valence-corrected chi connectivity index (χ4v) is 1.19. The van der Waals surface area contributed by atoms with Gasteiger partial charge in [0.25, 0.3) is 0 Å². The maximum atomic E-state index is 11.2. The van der Waals surface area contributed by atoms with Crippen molar-refractivity contribution in [2.45, 2.75) is 25.3 Å². The molecule has 12 heavy (non-hydrogen) atoms. The first-order chi connectivity index (χ1) is 5.79. The van der Waals surface area contributed by atoms with Crippen molar-refractivity contribution in [3.63, 3.8) is 0 Å². The topological polar surface area (TPSA) is 55.6 Å². The summed E-state index contributed by atoms with van der Waals surface area (Å²) in [6.07, 6.45) is 2.86. The van der Waals surface area contributed by atoms with Crippen LogP contribution in [-0.2, 0) is 4.74 Å². The van der Waals surface area contributed by atoms with E-state index in [0.717, 1.165) is 25.8 Å². The van der Waals surface area contributed by atoms with E-state index in [2.05, 4.69) is 4.74 Å². The number of carbonyl (C=O) groups is 1. The van der Waals surface area contributed by atoms with E-state index in [1.54, 1.807) is 4.90 Å². The van der Waals surface area contributed by atoms with Gasteiger partial charge in [-0.3, -0.25) is 0 Å². The number of methoxy groups -OCH3 is 1. The Morgan fingerprint density at radius 3 is 2.75 bits per heavy atom. The van der Waals surface area contributed by atoms with Crippen LogP contribution >= 0.6 is 0 Å². The lowest BCUT2D eigenvalue weighted by molar-refractivity contribution is 0.120. The van der Waals surface area contributed by atoms with Gasteiger partial charge in [-0.05, 0) is 25.8 Å².